The van der Waals surface area contributed by atoms with Gasteiger partial charge in [-0.3, -0.25) is 4.79 Å². The van der Waals surface area contributed by atoms with E-state index < -0.39 is 0 Å². The van der Waals surface area contributed by atoms with Crippen LogP contribution in [-0.4, -0.2) is 33.9 Å². The third kappa shape index (κ3) is 4.85. The highest BCUT2D eigenvalue weighted by Gasteiger charge is 2.20. The SMILES string of the molecule is O=C(CSCc1coc(-c2ccccc2)n1)NC1CCC(O)CC1. The number of nitrogens with one attached hydrogen (secondary N) is 1. The summed E-state index contributed by atoms with van der Waals surface area (Å²) in [4.78, 5) is 16.4. The Morgan fingerprint density at radius 2 is 2.00 bits per heavy atom. The van der Waals surface area contributed by atoms with Crippen molar-refractivity contribution in [3.63, 3.8) is 0 Å². The Morgan fingerprint density at radius 1 is 1.25 bits per heavy atom. The fourth-order valence-electron chi connectivity index (χ4n) is 2.82. The van der Waals surface area contributed by atoms with Crippen molar-refractivity contribution in [1.82, 2.24) is 10.3 Å². The Morgan fingerprint density at radius 3 is 2.75 bits per heavy atom. The molecule has 1 fully saturated rings. The predicted octanol–water partition coefficient (Wildman–Crippen LogP) is 2.99. The molecule has 2 N–H and O–H groups in total. The highest BCUT2D eigenvalue weighted by atomic mass is 32.2. The first-order valence-electron chi connectivity index (χ1n) is 8.25. The van der Waals surface area contributed by atoms with Gasteiger partial charge in [-0.1, -0.05) is 18.2 Å². The number of thioether (sulfide) groups is 1. The Hall–Kier alpha value is -1.79. The molecule has 2 aromatic rings. The molecule has 0 radical (unpaired) electrons. The number of rotatable bonds is 6. The summed E-state index contributed by atoms with van der Waals surface area (Å²) >= 11 is 1.53. The van der Waals surface area contributed by atoms with Gasteiger partial charge >= 0.3 is 0 Å². The van der Waals surface area contributed by atoms with E-state index in [2.05, 4.69) is 10.3 Å². The van der Waals surface area contributed by atoms with E-state index in [1.807, 2.05) is 30.3 Å². The van der Waals surface area contributed by atoms with Gasteiger partial charge in [0, 0.05) is 17.4 Å². The van der Waals surface area contributed by atoms with Crippen LogP contribution in [0.3, 0.4) is 0 Å². The van der Waals surface area contributed by atoms with Crippen molar-refractivity contribution in [3.05, 3.63) is 42.3 Å². The molecule has 24 heavy (non-hydrogen) atoms. The van der Waals surface area contributed by atoms with Crippen LogP contribution in [0.1, 0.15) is 31.4 Å². The Kier molecular flexibility index (Phi) is 5.93. The fraction of sp³-hybridized carbons (Fsp3) is 0.444. The minimum atomic E-state index is -0.196. The van der Waals surface area contributed by atoms with Gasteiger partial charge in [0.15, 0.2) is 0 Å². The van der Waals surface area contributed by atoms with Crippen LogP contribution in [0, 0.1) is 0 Å². The van der Waals surface area contributed by atoms with Crippen LogP contribution in [0.5, 0.6) is 0 Å². The number of aromatic nitrogens is 1. The van der Waals surface area contributed by atoms with Crippen LogP contribution >= 0.6 is 11.8 Å². The first-order chi connectivity index (χ1) is 11.7. The van der Waals surface area contributed by atoms with E-state index in [0.29, 0.717) is 17.4 Å². The number of hydrogen-bond donors (Lipinski definition) is 2. The summed E-state index contributed by atoms with van der Waals surface area (Å²) < 4.78 is 5.49. The van der Waals surface area contributed by atoms with Crippen molar-refractivity contribution >= 4 is 17.7 Å². The average molecular weight is 346 g/mol. The van der Waals surface area contributed by atoms with Crippen molar-refractivity contribution in [2.24, 2.45) is 0 Å². The summed E-state index contributed by atoms with van der Waals surface area (Å²) in [5, 5.41) is 12.5. The summed E-state index contributed by atoms with van der Waals surface area (Å²) in [6.07, 6.45) is 4.73. The van der Waals surface area contributed by atoms with E-state index in [4.69, 9.17) is 4.42 Å². The first kappa shape index (κ1) is 17.0. The lowest BCUT2D eigenvalue weighted by molar-refractivity contribution is -0.119. The molecule has 5 nitrogen and oxygen atoms in total. The summed E-state index contributed by atoms with van der Waals surface area (Å²) in [6.45, 7) is 0. The van der Waals surface area contributed by atoms with Crippen molar-refractivity contribution in [3.8, 4) is 11.5 Å². The molecule has 6 heteroatoms. The summed E-state index contributed by atoms with van der Waals surface area (Å²) in [6, 6.07) is 9.97. The normalized spacial score (nSPS) is 20.7. The van der Waals surface area contributed by atoms with Gasteiger partial charge in [-0.15, -0.1) is 11.8 Å². The lowest BCUT2D eigenvalue weighted by Crippen LogP contribution is -2.39. The van der Waals surface area contributed by atoms with E-state index in [-0.39, 0.29) is 18.1 Å². The molecule has 0 bridgehead atoms. The minimum absolute atomic E-state index is 0.0492. The molecule has 0 saturated heterocycles. The molecule has 1 aromatic carbocycles. The lowest BCUT2D eigenvalue weighted by Gasteiger charge is -2.26. The Balaban J connectivity index is 1.40. The Bertz CT molecular complexity index is 651. The molecule has 1 heterocycles. The molecule has 1 aliphatic carbocycles. The van der Waals surface area contributed by atoms with Crippen LogP contribution in [0.2, 0.25) is 0 Å². The molecule has 128 valence electrons. The zero-order chi connectivity index (χ0) is 16.8. The van der Waals surface area contributed by atoms with Gasteiger partial charge in [-0.25, -0.2) is 4.98 Å². The number of carbonyl (C=O) groups is 1. The van der Waals surface area contributed by atoms with Gasteiger partial charge in [0.05, 0.1) is 17.6 Å². The lowest BCUT2D eigenvalue weighted by atomic mass is 9.93. The maximum Gasteiger partial charge on any atom is 0.230 e. The highest BCUT2D eigenvalue weighted by Crippen LogP contribution is 2.21. The first-order valence-corrected chi connectivity index (χ1v) is 9.41. The average Bonchev–Trinajstić information content (AvgIpc) is 3.07. The fourth-order valence-corrected chi connectivity index (χ4v) is 3.54. The van der Waals surface area contributed by atoms with Gasteiger partial charge in [0.1, 0.15) is 6.26 Å². The topological polar surface area (TPSA) is 75.4 Å². The zero-order valence-corrected chi connectivity index (χ0v) is 14.3. The van der Waals surface area contributed by atoms with Gasteiger partial charge in [-0.2, -0.15) is 0 Å². The van der Waals surface area contributed by atoms with Crippen LogP contribution in [0.4, 0.5) is 0 Å². The molecular formula is C18H22N2O3S. The van der Waals surface area contributed by atoms with E-state index >= 15 is 0 Å². The second kappa shape index (κ2) is 8.35. The number of benzene rings is 1. The predicted molar refractivity (Wildman–Crippen MR) is 94.5 cm³/mol. The molecule has 0 spiro atoms. The maximum absolute atomic E-state index is 12.0. The number of amides is 1. The standard InChI is InChI=1S/C18H22N2O3S/c21-16-8-6-14(7-9-16)19-17(22)12-24-11-15-10-23-18(20-15)13-4-2-1-3-5-13/h1-5,10,14,16,21H,6-9,11-12H2,(H,19,22). The number of hydrogen-bond acceptors (Lipinski definition) is 5. The van der Waals surface area contributed by atoms with Crippen molar-refractivity contribution in [1.29, 1.82) is 0 Å². The number of oxazole rings is 1. The van der Waals surface area contributed by atoms with E-state index in [0.717, 1.165) is 36.9 Å². The quantitative estimate of drug-likeness (QED) is 0.841. The van der Waals surface area contributed by atoms with Gasteiger partial charge in [-0.05, 0) is 37.8 Å². The largest absolute Gasteiger partial charge is 0.444 e. The van der Waals surface area contributed by atoms with E-state index in [1.165, 1.54) is 11.8 Å². The molecule has 3 rings (SSSR count). The van der Waals surface area contributed by atoms with Crippen molar-refractivity contribution in [2.45, 2.75) is 43.6 Å². The summed E-state index contributed by atoms with van der Waals surface area (Å²) in [5.41, 5.74) is 1.79. The second-order valence-corrected chi connectivity index (χ2v) is 7.06. The van der Waals surface area contributed by atoms with E-state index in [1.54, 1.807) is 6.26 Å². The molecule has 1 saturated carbocycles. The number of aliphatic hydroxyl groups excluding tert-OH is 1. The Labute approximate surface area is 145 Å². The zero-order valence-electron chi connectivity index (χ0n) is 13.5. The molecular weight excluding hydrogens is 324 g/mol. The van der Waals surface area contributed by atoms with Crippen LogP contribution in [0.15, 0.2) is 41.0 Å². The van der Waals surface area contributed by atoms with Crippen LogP contribution in [-0.2, 0) is 10.5 Å². The number of nitrogens with zero attached hydrogens (tertiary/aromatic N) is 1. The van der Waals surface area contributed by atoms with Gasteiger partial charge in [0.25, 0.3) is 0 Å². The second-order valence-electron chi connectivity index (χ2n) is 6.08. The summed E-state index contributed by atoms with van der Waals surface area (Å²) in [5.74, 6) is 1.71. The van der Waals surface area contributed by atoms with Crippen LogP contribution in [0.25, 0.3) is 11.5 Å². The third-order valence-corrected chi connectivity index (χ3v) is 5.08. The monoisotopic (exact) mass is 346 g/mol. The van der Waals surface area contributed by atoms with Crippen LogP contribution < -0.4 is 5.32 Å². The number of aliphatic hydroxyl groups is 1. The molecule has 1 aliphatic rings. The van der Waals surface area contributed by atoms with Gasteiger partial charge < -0.3 is 14.8 Å². The van der Waals surface area contributed by atoms with Gasteiger partial charge in [0.2, 0.25) is 11.8 Å². The van der Waals surface area contributed by atoms with Crippen molar-refractivity contribution < 1.29 is 14.3 Å². The molecule has 0 unspecified atom stereocenters. The smallest absolute Gasteiger partial charge is 0.230 e. The summed E-state index contributed by atoms with van der Waals surface area (Å²) in [7, 11) is 0. The van der Waals surface area contributed by atoms with E-state index in [9.17, 15) is 9.90 Å². The molecule has 0 atom stereocenters. The molecule has 0 aliphatic heterocycles. The molecule has 1 amide bonds. The highest BCUT2D eigenvalue weighted by molar-refractivity contribution is 7.99. The van der Waals surface area contributed by atoms with Crippen molar-refractivity contribution in [2.75, 3.05) is 5.75 Å². The molecule has 1 aromatic heterocycles. The number of carbonyl (C=O) groups excluding carboxylic acids is 1. The minimum Gasteiger partial charge on any atom is -0.444 e. The maximum atomic E-state index is 12.0. The third-order valence-electron chi connectivity index (χ3n) is 4.12.